The number of hydrogen-bond donors (Lipinski definition) is 4. The van der Waals surface area contributed by atoms with Crippen molar-refractivity contribution in [1.29, 1.82) is 0 Å². The molecule has 2 aromatic rings. The Balaban J connectivity index is 1.26. The van der Waals surface area contributed by atoms with Gasteiger partial charge in [0.15, 0.2) is 0 Å². The van der Waals surface area contributed by atoms with Gasteiger partial charge in [0.1, 0.15) is 11.5 Å². The molecule has 35 heavy (non-hydrogen) atoms. The van der Waals surface area contributed by atoms with Gasteiger partial charge in [-0.1, -0.05) is 12.1 Å². The summed E-state index contributed by atoms with van der Waals surface area (Å²) in [6.45, 7) is 2.55. The van der Waals surface area contributed by atoms with Crippen molar-refractivity contribution >= 4 is 17.8 Å². The average molecular weight is 480 g/mol. The number of aliphatic hydroxyl groups is 1. The minimum absolute atomic E-state index is 0.0963. The van der Waals surface area contributed by atoms with Crippen LogP contribution in [0.2, 0.25) is 0 Å². The first-order valence-corrected chi connectivity index (χ1v) is 12.4. The van der Waals surface area contributed by atoms with E-state index < -0.39 is 11.6 Å². The number of hydrogen-bond acceptors (Lipinski definition) is 7. The van der Waals surface area contributed by atoms with Crippen LogP contribution in [-0.2, 0) is 0 Å². The Morgan fingerprint density at radius 1 is 1.03 bits per heavy atom. The second-order valence-electron chi connectivity index (χ2n) is 10.5. The second kappa shape index (κ2) is 9.45. The molecule has 2 heterocycles. The van der Waals surface area contributed by atoms with E-state index in [1.165, 1.54) is 0 Å². The third-order valence-electron chi connectivity index (χ3n) is 7.49. The topological polar surface area (TPSA) is 125 Å². The van der Waals surface area contributed by atoms with Gasteiger partial charge in [0.25, 0.3) is 5.91 Å². The normalized spacial score (nSPS) is 28.4. The maximum Gasteiger partial charge on any atom is 0.414 e. The van der Waals surface area contributed by atoms with Gasteiger partial charge in [-0.15, -0.1) is 0 Å². The van der Waals surface area contributed by atoms with Crippen LogP contribution in [-0.4, -0.2) is 51.3 Å². The molecule has 2 atom stereocenters. The number of pyridine rings is 2. The fraction of sp³-hybridized carbons (Fsp3) is 0.538. The number of ether oxygens (including phenoxy) is 1. The summed E-state index contributed by atoms with van der Waals surface area (Å²) in [7, 11) is 0. The van der Waals surface area contributed by atoms with Crippen LogP contribution in [0, 0.1) is 18.8 Å². The quantitative estimate of drug-likeness (QED) is 0.429. The van der Waals surface area contributed by atoms with E-state index >= 15 is 0 Å². The van der Waals surface area contributed by atoms with Crippen LogP contribution in [0.25, 0.3) is 0 Å². The largest absolute Gasteiger partial charge is 0.414 e. The molecular formula is C26H33N5O4. The van der Waals surface area contributed by atoms with Crippen molar-refractivity contribution in [3.63, 3.8) is 0 Å². The lowest BCUT2D eigenvalue weighted by atomic mass is 9.50. The van der Waals surface area contributed by atoms with Crippen molar-refractivity contribution in [2.24, 2.45) is 11.8 Å². The highest BCUT2D eigenvalue weighted by Crippen LogP contribution is 2.57. The zero-order valence-electron chi connectivity index (χ0n) is 20.0. The van der Waals surface area contributed by atoms with Gasteiger partial charge in [-0.2, -0.15) is 4.98 Å². The Labute approximate surface area is 205 Å². The van der Waals surface area contributed by atoms with Gasteiger partial charge in [0, 0.05) is 36.0 Å². The number of aryl methyl sites for hydroxylation is 1. The lowest BCUT2D eigenvalue weighted by molar-refractivity contribution is -0.0450. The van der Waals surface area contributed by atoms with E-state index in [1.807, 2.05) is 19.1 Å². The fourth-order valence-corrected chi connectivity index (χ4v) is 6.73. The lowest BCUT2D eigenvalue weighted by Gasteiger charge is -2.61. The molecule has 4 aliphatic rings. The molecule has 0 saturated heterocycles. The molecule has 6 rings (SSSR count). The standard InChI is InChI=1S/C26H33N5O4/c1-17-5-2-6-20(28-17)23(33)30-25-12-18-11-19(13-25)15-26(14-18,16-25)31-24(34)35-22-8-3-7-21(29-22)27-9-4-10-32/h2-3,5-8,18-19,32H,4,9-16H2,1H3,(H,27,29)(H,30,33)(H,31,34). The third kappa shape index (κ3) is 5.24. The van der Waals surface area contributed by atoms with Crippen LogP contribution in [0.5, 0.6) is 5.88 Å². The molecule has 2 amide bonds. The smallest absolute Gasteiger partial charge is 0.396 e. The maximum absolute atomic E-state index is 13.1. The molecule has 4 fully saturated rings. The third-order valence-corrected chi connectivity index (χ3v) is 7.49. The number of carbonyl (C=O) groups is 2. The van der Waals surface area contributed by atoms with Gasteiger partial charge in [-0.3, -0.25) is 4.79 Å². The van der Waals surface area contributed by atoms with E-state index in [-0.39, 0.29) is 23.9 Å². The zero-order chi connectivity index (χ0) is 24.5. The number of nitrogens with one attached hydrogen (secondary N) is 3. The average Bonchev–Trinajstić information content (AvgIpc) is 2.78. The second-order valence-corrected chi connectivity index (χ2v) is 10.5. The zero-order valence-corrected chi connectivity index (χ0v) is 20.0. The van der Waals surface area contributed by atoms with Crippen molar-refractivity contribution in [3.8, 4) is 5.88 Å². The molecule has 0 aliphatic heterocycles. The summed E-state index contributed by atoms with van der Waals surface area (Å²) >= 11 is 0. The first kappa shape index (κ1) is 23.5. The molecule has 4 aliphatic carbocycles. The minimum Gasteiger partial charge on any atom is -0.396 e. The van der Waals surface area contributed by atoms with Gasteiger partial charge < -0.3 is 25.8 Å². The first-order valence-electron chi connectivity index (χ1n) is 12.4. The molecule has 4 bridgehead atoms. The molecule has 0 radical (unpaired) electrons. The number of carbonyl (C=O) groups excluding carboxylic acids is 2. The number of aliphatic hydroxyl groups excluding tert-OH is 1. The predicted octanol–water partition coefficient (Wildman–Crippen LogP) is 3.19. The van der Waals surface area contributed by atoms with Crippen molar-refractivity contribution in [2.75, 3.05) is 18.5 Å². The minimum atomic E-state index is -0.520. The fourth-order valence-electron chi connectivity index (χ4n) is 6.73. The SMILES string of the molecule is Cc1cccc(C(=O)NC23CC4CC(CC(NC(=O)Oc5cccc(NCCCO)n5)(C4)C2)C3)n1. The summed E-state index contributed by atoms with van der Waals surface area (Å²) in [6.07, 6.45) is 5.58. The Morgan fingerprint density at radius 2 is 1.74 bits per heavy atom. The van der Waals surface area contributed by atoms with Crippen molar-refractivity contribution in [3.05, 3.63) is 47.8 Å². The Bertz CT molecular complexity index is 1090. The number of amides is 2. The van der Waals surface area contributed by atoms with Gasteiger partial charge in [-0.05, 0) is 81.9 Å². The summed E-state index contributed by atoms with van der Waals surface area (Å²) < 4.78 is 5.55. The molecule has 4 N–H and O–H groups in total. The molecular weight excluding hydrogens is 446 g/mol. The van der Waals surface area contributed by atoms with E-state index in [0.717, 1.165) is 37.8 Å². The van der Waals surface area contributed by atoms with E-state index in [1.54, 1.807) is 24.3 Å². The van der Waals surface area contributed by atoms with Crippen molar-refractivity contribution in [1.82, 2.24) is 20.6 Å². The van der Waals surface area contributed by atoms with Crippen LogP contribution < -0.4 is 20.7 Å². The van der Waals surface area contributed by atoms with E-state index in [9.17, 15) is 9.59 Å². The van der Waals surface area contributed by atoms with Crippen molar-refractivity contribution < 1.29 is 19.4 Å². The van der Waals surface area contributed by atoms with Crippen LogP contribution in [0.3, 0.4) is 0 Å². The molecule has 2 aromatic heterocycles. The van der Waals surface area contributed by atoms with Gasteiger partial charge in [-0.25, -0.2) is 9.78 Å². The number of anilines is 1. The monoisotopic (exact) mass is 479 g/mol. The predicted molar refractivity (Wildman–Crippen MR) is 130 cm³/mol. The van der Waals surface area contributed by atoms with Gasteiger partial charge in [0.05, 0.1) is 0 Å². The summed E-state index contributed by atoms with van der Waals surface area (Å²) in [6, 6.07) is 10.7. The Kier molecular flexibility index (Phi) is 6.35. The number of rotatable bonds is 8. The Morgan fingerprint density at radius 3 is 2.46 bits per heavy atom. The van der Waals surface area contributed by atoms with Crippen LogP contribution in [0.1, 0.15) is 61.1 Å². The lowest BCUT2D eigenvalue weighted by Crippen LogP contribution is -2.70. The van der Waals surface area contributed by atoms with E-state index in [0.29, 0.717) is 42.7 Å². The highest BCUT2D eigenvalue weighted by atomic mass is 16.6. The molecule has 9 heteroatoms. The molecule has 0 spiro atoms. The highest BCUT2D eigenvalue weighted by molar-refractivity contribution is 5.92. The highest BCUT2D eigenvalue weighted by Gasteiger charge is 2.59. The molecule has 9 nitrogen and oxygen atoms in total. The summed E-state index contributed by atoms with van der Waals surface area (Å²) in [4.78, 5) is 34.7. The summed E-state index contributed by atoms with van der Waals surface area (Å²) in [5, 5.41) is 18.5. The van der Waals surface area contributed by atoms with Crippen molar-refractivity contribution in [2.45, 2.75) is 62.9 Å². The molecule has 186 valence electrons. The van der Waals surface area contributed by atoms with Crippen LogP contribution in [0.15, 0.2) is 36.4 Å². The number of nitrogens with zero attached hydrogens (tertiary/aromatic N) is 2. The molecule has 2 unspecified atom stereocenters. The summed E-state index contributed by atoms with van der Waals surface area (Å²) in [5.74, 6) is 1.57. The maximum atomic E-state index is 13.1. The summed E-state index contributed by atoms with van der Waals surface area (Å²) in [5.41, 5.74) is 0.506. The van der Waals surface area contributed by atoms with E-state index in [2.05, 4.69) is 25.9 Å². The van der Waals surface area contributed by atoms with Gasteiger partial charge in [0.2, 0.25) is 5.88 Å². The van der Waals surface area contributed by atoms with Crippen LogP contribution >= 0.6 is 0 Å². The molecule has 0 aromatic carbocycles. The number of aromatic nitrogens is 2. The molecule has 4 saturated carbocycles. The van der Waals surface area contributed by atoms with Crippen LogP contribution in [0.4, 0.5) is 10.6 Å². The Hall–Kier alpha value is -3.20. The first-order chi connectivity index (χ1) is 16.9. The van der Waals surface area contributed by atoms with Gasteiger partial charge >= 0.3 is 6.09 Å². The van der Waals surface area contributed by atoms with E-state index in [4.69, 9.17) is 9.84 Å².